The summed E-state index contributed by atoms with van der Waals surface area (Å²) < 4.78 is 5.63. The number of rotatable bonds is 3. The molecule has 0 saturated heterocycles. The van der Waals surface area contributed by atoms with Crippen LogP contribution < -0.4 is 10.5 Å². The highest BCUT2D eigenvalue weighted by Crippen LogP contribution is 2.25. The van der Waals surface area contributed by atoms with E-state index in [2.05, 4.69) is 11.9 Å². The number of pyridine rings is 1. The van der Waals surface area contributed by atoms with Crippen LogP contribution in [0.25, 0.3) is 0 Å². The lowest BCUT2D eigenvalue weighted by Gasteiger charge is -2.08. The molecule has 3 nitrogen and oxygen atoms in total. The van der Waals surface area contributed by atoms with Crippen LogP contribution in [0.5, 0.6) is 11.6 Å². The molecule has 0 saturated carbocycles. The van der Waals surface area contributed by atoms with Gasteiger partial charge >= 0.3 is 0 Å². The largest absolute Gasteiger partial charge is 0.437 e. The third kappa shape index (κ3) is 2.75. The number of hydrogen-bond donors (Lipinski definition) is 1. The molecule has 3 heteroatoms. The summed E-state index contributed by atoms with van der Waals surface area (Å²) in [5, 5.41) is 0. The molecule has 2 rings (SSSR count). The van der Waals surface area contributed by atoms with Gasteiger partial charge in [0.2, 0.25) is 5.88 Å². The van der Waals surface area contributed by atoms with Crippen LogP contribution in [0.2, 0.25) is 0 Å². The zero-order valence-corrected chi connectivity index (χ0v) is 10.1. The summed E-state index contributed by atoms with van der Waals surface area (Å²) in [5.74, 6) is 1.21. The Morgan fingerprint density at radius 1 is 1.24 bits per heavy atom. The van der Waals surface area contributed by atoms with Crippen LogP contribution >= 0.6 is 0 Å². The van der Waals surface area contributed by atoms with Crippen molar-refractivity contribution in [2.45, 2.75) is 20.3 Å². The van der Waals surface area contributed by atoms with Gasteiger partial charge in [0.1, 0.15) is 5.75 Å². The topological polar surface area (TPSA) is 48.1 Å². The molecule has 0 bridgehead atoms. The predicted molar refractivity (Wildman–Crippen MR) is 69.3 cm³/mol. The van der Waals surface area contributed by atoms with Crippen LogP contribution in [-0.2, 0) is 6.42 Å². The number of aromatic nitrogens is 1. The van der Waals surface area contributed by atoms with Crippen molar-refractivity contribution in [3.8, 4) is 11.6 Å². The number of anilines is 1. The Morgan fingerprint density at radius 2 is 1.94 bits per heavy atom. The number of nitrogens with two attached hydrogens (primary N) is 1. The Labute approximate surface area is 101 Å². The predicted octanol–water partition coefficient (Wildman–Crippen LogP) is 3.33. The molecular weight excluding hydrogens is 212 g/mol. The smallest absolute Gasteiger partial charge is 0.242 e. The summed E-state index contributed by atoms with van der Waals surface area (Å²) in [7, 11) is 0. The van der Waals surface area contributed by atoms with E-state index in [0.717, 1.165) is 17.7 Å². The number of hydrogen-bond acceptors (Lipinski definition) is 3. The van der Waals surface area contributed by atoms with Crippen LogP contribution in [0.15, 0.2) is 36.5 Å². The molecule has 0 radical (unpaired) electrons. The molecule has 0 aliphatic carbocycles. The van der Waals surface area contributed by atoms with E-state index in [0.29, 0.717) is 11.6 Å². The highest BCUT2D eigenvalue weighted by Gasteiger charge is 2.03. The molecule has 1 aromatic heterocycles. The van der Waals surface area contributed by atoms with Gasteiger partial charge in [-0.05, 0) is 42.7 Å². The van der Waals surface area contributed by atoms with Crippen LogP contribution in [-0.4, -0.2) is 4.98 Å². The Bertz CT molecular complexity index is 506. The van der Waals surface area contributed by atoms with E-state index in [1.54, 1.807) is 6.20 Å². The summed E-state index contributed by atoms with van der Waals surface area (Å²) in [6.07, 6.45) is 2.76. The standard InChI is InChI=1S/C14H16N2O/c1-3-11-4-6-12(7-5-11)17-14-13(15)8-10(2)9-16-14/h4-9H,3,15H2,1-2H3. The maximum atomic E-state index is 5.84. The first-order valence-electron chi connectivity index (χ1n) is 5.68. The van der Waals surface area contributed by atoms with E-state index >= 15 is 0 Å². The Morgan fingerprint density at radius 3 is 2.53 bits per heavy atom. The third-order valence-corrected chi connectivity index (χ3v) is 2.56. The van der Waals surface area contributed by atoms with E-state index < -0.39 is 0 Å². The Hall–Kier alpha value is -2.03. The first kappa shape index (κ1) is 11.5. The average molecular weight is 228 g/mol. The number of aryl methyl sites for hydroxylation is 2. The van der Waals surface area contributed by atoms with Crippen molar-refractivity contribution < 1.29 is 4.74 Å². The second kappa shape index (κ2) is 4.87. The van der Waals surface area contributed by atoms with Gasteiger partial charge in [-0.25, -0.2) is 4.98 Å². The SMILES string of the molecule is CCc1ccc(Oc2ncc(C)cc2N)cc1. The van der Waals surface area contributed by atoms with Gasteiger partial charge in [0.25, 0.3) is 0 Å². The lowest BCUT2D eigenvalue weighted by Crippen LogP contribution is -1.95. The van der Waals surface area contributed by atoms with Crippen LogP contribution in [0.4, 0.5) is 5.69 Å². The molecule has 0 amide bonds. The van der Waals surface area contributed by atoms with Crippen LogP contribution in [0.1, 0.15) is 18.1 Å². The minimum absolute atomic E-state index is 0.458. The van der Waals surface area contributed by atoms with Crippen molar-refractivity contribution in [3.05, 3.63) is 47.7 Å². The van der Waals surface area contributed by atoms with Gasteiger partial charge in [-0.15, -0.1) is 0 Å². The summed E-state index contributed by atoms with van der Waals surface area (Å²) in [6, 6.07) is 9.79. The average Bonchev–Trinajstić information content (AvgIpc) is 2.34. The van der Waals surface area contributed by atoms with Crippen LogP contribution in [0, 0.1) is 6.92 Å². The molecule has 0 atom stereocenters. The Balaban J connectivity index is 2.19. The van der Waals surface area contributed by atoms with E-state index in [1.807, 2.05) is 37.3 Å². The highest BCUT2D eigenvalue weighted by atomic mass is 16.5. The summed E-state index contributed by atoms with van der Waals surface area (Å²) in [5.41, 5.74) is 8.70. The van der Waals surface area contributed by atoms with Gasteiger partial charge in [0, 0.05) is 6.20 Å². The number of ether oxygens (including phenoxy) is 1. The molecule has 2 N–H and O–H groups in total. The molecule has 17 heavy (non-hydrogen) atoms. The minimum atomic E-state index is 0.458. The van der Waals surface area contributed by atoms with Crippen molar-refractivity contribution in [1.82, 2.24) is 4.98 Å². The third-order valence-electron chi connectivity index (χ3n) is 2.56. The molecule has 0 fully saturated rings. The van der Waals surface area contributed by atoms with Gasteiger partial charge < -0.3 is 10.5 Å². The molecular formula is C14H16N2O. The zero-order chi connectivity index (χ0) is 12.3. The fourth-order valence-electron chi connectivity index (χ4n) is 1.57. The monoisotopic (exact) mass is 228 g/mol. The van der Waals surface area contributed by atoms with Crippen molar-refractivity contribution in [2.24, 2.45) is 0 Å². The molecule has 0 aliphatic rings. The first-order chi connectivity index (χ1) is 8.19. The van der Waals surface area contributed by atoms with Gasteiger partial charge in [-0.1, -0.05) is 19.1 Å². The Kier molecular flexibility index (Phi) is 3.28. The second-order valence-corrected chi connectivity index (χ2v) is 4.01. The lowest BCUT2D eigenvalue weighted by atomic mass is 10.2. The lowest BCUT2D eigenvalue weighted by molar-refractivity contribution is 0.465. The summed E-state index contributed by atoms with van der Waals surface area (Å²) in [4.78, 5) is 4.17. The van der Waals surface area contributed by atoms with E-state index in [1.165, 1.54) is 5.56 Å². The summed E-state index contributed by atoms with van der Waals surface area (Å²) >= 11 is 0. The number of nitrogen functional groups attached to an aromatic ring is 1. The molecule has 0 spiro atoms. The fraction of sp³-hybridized carbons (Fsp3) is 0.214. The molecule has 1 heterocycles. The van der Waals surface area contributed by atoms with Gasteiger partial charge in [0.15, 0.2) is 0 Å². The van der Waals surface area contributed by atoms with Gasteiger partial charge in [0.05, 0.1) is 5.69 Å². The molecule has 2 aromatic rings. The van der Waals surface area contributed by atoms with Crippen LogP contribution in [0.3, 0.4) is 0 Å². The molecule has 1 aromatic carbocycles. The second-order valence-electron chi connectivity index (χ2n) is 4.01. The maximum absolute atomic E-state index is 5.84. The van der Waals surface area contributed by atoms with Crippen molar-refractivity contribution in [1.29, 1.82) is 0 Å². The zero-order valence-electron chi connectivity index (χ0n) is 10.1. The fourth-order valence-corrected chi connectivity index (χ4v) is 1.57. The van der Waals surface area contributed by atoms with Crippen molar-refractivity contribution in [2.75, 3.05) is 5.73 Å². The molecule has 88 valence electrons. The van der Waals surface area contributed by atoms with Gasteiger partial charge in [-0.2, -0.15) is 0 Å². The first-order valence-corrected chi connectivity index (χ1v) is 5.68. The van der Waals surface area contributed by atoms with E-state index in [9.17, 15) is 0 Å². The van der Waals surface area contributed by atoms with E-state index in [-0.39, 0.29) is 0 Å². The normalized spacial score (nSPS) is 10.2. The van der Waals surface area contributed by atoms with Crippen molar-refractivity contribution in [3.63, 3.8) is 0 Å². The minimum Gasteiger partial charge on any atom is -0.437 e. The molecule has 0 unspecified atom stereocenters. The number of benzene rings is 1. The maximum Gasteiger partial charge on any atom is 0.242 e. The van der Waals surface area contributed by atoms with E-state index in [4.69, 9.17) is 10.5 Å². The quantitative estimate of drug-likeness (QED) is 0.876. The summed E-state index contributed by atoms with van der Waals surface area (Å²) in [6.45, 7) is 4.07. The molecule has 0 aliphatic heterocycles. The van der Waals surface area contributed by atoms with Crippen molar-refractivity contribution >= 4 is 5.69 Å². The number of nitrogens with zero attached hydrogens (tertiary/aromatic N) is 1. The van der Waals surface area contributed by atoms with Gasteiger partial charge in [-0.3, -0.25) is 0 Å². The highest BCUT2D eigenvalue weighted by molar-refractivity contribution is 5.50.